The monoisotopic (exact) mass is 283 g/mol. The van der Waals surface area contributed by atoms with Crippen LogP contribution in [-0.2, 0) is 6.18 Å². The van der Waals surface area contributed by atoms with Crippen molar-refractivity contribution in [3.8, 4) is 0 Å². The zero-order chi connectivity index (χ0) is 14.0. The third kappa shape index (κ3) is 4.77. The molecule has 1 atom stereocenters. The Kier molecular flexibility index (Phi) is 4.55. The number of rotatable bonds is 4. The molecule has 1 aromatic heterocycles. The Labute approximate surface area is 107 Å². The number of hydrogen-bond donors (Lipinski definition) is 2. The largest absolute Gasteiger partial charge is 0.452 e. The molecular weight excluding hydrogens is 267 g/mol. The van der Waals surface area contributed by atoms with Crippen LogP contribution in [0.1, 0.15) is 33.0 Å². The molecule has 0 amide bonds. The van der Waals surface area contributed by atoms with Crippen LogP contribution in [0.5, 0.6) is 0 Å². The second kappa shape index (κ2) is 5.40. The summed E-state index contributed by atoms with van der Waals surface area (Å²) in [7, 11) is 0. The maximum Gasteiger partial charge on any atom is 0.452 e. The fourth-order valence-corrected chi connectivity index (χ4v) is 2.14. The zero-order valence-electron chi connectivity index (χ0n) is 10.4. The van der Waals surface area contributed by atoms with Gasteiger partial charge in [-0.3, -0.25) is 0 Å². The summed E-state index contributed by atoms with van der Waals surface area (Å²) < 4.78 is 40.1. The summed E-state index contributed by atoms with van der Waals surface area (Å²) in [6.07, 6.45) is -3.92. The van der Waals surface area contributed by atoms with Crippen LogP contribution < -0.4 is 5.32 Å². The van der Waals surface area contributed by atoms with Crippen LogP contribution in [0.3, 0.4) is 0 Å². The van der Waals surface area contributed by atoms with Crippen molar-refractivity contribution < 1.29 is 18.3 Å². The average molecular weight is 283 g/mol. The fraction of sp³-hybridized carbons (Fsp3) is 0.800. The van der Waals surface area contributed by atoms with E-state index < -0.39 is 12.0 Å². The minimum Gasteiger partial charge on any atom is -0.394 e. The molecule has 2 N–H and O–H groups in total. The first-order valence-corrected chi connectivity index (χ1v) is 6.17. The van der Waals surface area contributed by atoms with Crippen molar-refractivity contribution in [3.63, 3.8) is 0 Å². The number of hydrogen-bond acceptors (Lipinski definition) is 5. The van der Waals surface area contributed by atoms with E-state index in [-0.39, 0.29) is 23.2 Å². The summed E-state index contributed by atoms with van der Waals surface area (Å²) in [5.74, 6) is -1.15. The summed E-state index contributed by atoms with van der Waals surface area (Å²) in [5.41, 5.74) is -0.0437. The summed E-state index contributed by atoms with van der Waals surface area (Å²) in [6, 6.07) is -0.334. The number of nitrogens with zero attached hydrogens (tertiary/aromatic N) is 2. The SMILES string of the molecule is CC(C)(C)CC(CO)Nc1nc(C(F)(F)F)ns1. The van der Waals surface area contributed by atoms with Gasteiger partial charge < -0.3 is 10.4 Å². The van der Waals surface area contributed by atoms with E-state index >= 15 is 0 Å². The van der Waals surface area contributed by atoms with E-state index in [0.29, 0.717) is 18.0 Å². The highest BCUT2D eigenvalue weighted by molar-refractivity contribution is 7.09. The lowest BCUT2D eigenvalue weighted by Crippen LogP contribution is -2.29. The standard InChI is InChI=1S/C10H16F3N3OS/c1-9(2,3)4-6(5-17)14-8-15-7(16-18-8)10(11,12)13/h6,17H,4-5H2,1-3H3,(H,14,15,16). The predicted molar refractivity (Wildman–Crippen MR) is 63.5 cm³/mol. The van der Waals surface area contributed by atoms with Crippen molar-refractivity contribution in [1.82, 2.24) is 9.36 Å². The van der Waals surface area contributed by atoms with Crippen LogP contribution in [-0.4, -0.2) is 27.1 Å². The molecule has 8 heteroatoms. The Morgan fingerprint density at radius 2 is 1.94 bits per heavy atom. The van der Waals surface area contributed by atoms with Crippen LogP contribution in [0.4, 0.5) is 18.3 Å². The van der Waals surface area contributed by atoms with E-state index in [4.69, 9.17) is 0 Å². The molecule has 4 nitrogen and oxygen atoms in total. The van der Waals surface area contributed by atoms with Gasteiger partial charge in [0, 0.05) is 11.5 Å². The normalized spacial score (nSPS) is 14.6. The molecule has 1 aromatic rings. The lowest BCUT2D eigenvalue weighted by atomic mass is 9.88. The molecule has 1 heterocycles. The van der Waals surface area contributed by atoms with Gasteiger partial charge >= 0.3 is 6.18 Å². The first-order chi connectivity index (χ1) is 8.12. The number of alkyl halides is 3. The Morgan fingerprint density at radius 1 is 1.33 bits per heavy atom. The number of nitrogens with one attached hydrogen (secondary N) is 1. The van der Waals surface area contributed by atoms with Gasteiger partial charge in [0.25, 0.3) is 0 Å². The van der Waals surface area contributed by atoms with E-state index in [2.05, 4.69) is 14.7 Å². The van der Waals surface area contributed by atoms with Gasteiger partial charge in [0.1, 0.15) is 0 Å². The van der Waals surface area contributed by atoms with Gasteiger partial charge in [-0.25, -0.2) is 0 Å². The average Bonchev–Trinajstić information content (AvgIpc) is 2.62. The lowest BCUT2D eigenvalue weighted by molar-refractivity contribution is -0.144. The van der Waals surface area contributed by atoms with Crippen molar-refractivity contribution in [1.29, 1.82) is 0 Å². The molecule has 0 aliphatic heterocycles. The Hall–Kier alpha value is -0.890. The van der Waals surface area contributed by atoms with Gasteiger partial charge in [-0.2, -0.15) is 22.5 Å². The van der Waals surface area contributed by atoms with E-state index in [1.807, 2.05) is 20.8 Å². The van der Waals surface area contributed by atoms with Gasteiger partial charge in [-0.05, 0) is 11.8 Å². The molecule has 0 aromatic carbocycles. The Morgan fingerprint density at radius 3 is 2.33 bits per heavy atom. The highest BCUT2D eigenvalue weighted by Gasteiger charge is 2.36. The zero-order valence-corrected chi connectivity index (χ0v) is 11.2. The Bertz CT molecular complexity index is 386. The van der Waals surface area contributed by atoms with E-state index in [0.717, 1.165) is 0 Å². The molecule has 0 saturated carbocycles. The molecule has 18 heavy (non-hydrogen) atoms. The summed E-state index contributed by atoms with van der Waals surface area (Å²) in [4.78, 5) is 3.36. The van der Waals surface area contributed by atoms with E-state index in [9.17, 15) is 18.3 Å². The maximum absolute atomic E-state index is 12.3. The predicted octanol–water partition coefficient (Wildman–Crippen LogP) is 2.77. The summed E-state index contributed by atoms with van der Waals surface area (Å²) in [6.45, 7) is 5.79. The van der Waals surface area contributed by atoms with Crippen molar-refractivity contribution in [3.05, 3.63) is 5.82 Å². The number of halogens is 3. The van der Waals surface area contributed by atoms with E-state index in [1.165, 1.54) is 0 Å². The van der Waals surface area contributed by atoms with Crippen molar-refractivity contribution >= 4 is 16.7 Å². The second-order valence-corrected chi connectivity index (χ2v) is 5.96. The molecule has 0 aliphatic carbocycles. The third-order valence-electron chi connectivity index (χ3n) is 2.09. The molecule has 1 unspecified atom stereocenters. The highest BCUT2D eigenvalue weighted by atomic mass is 32.1. The van der Waals surface area contributed by atoms with Gasteiger partial charge in [-0.15, -0.1) is 0 Å². The molecule has 0 saturated heterocycles. The van der Waals surface area contributed by atoms with Gasteiger partial charge in [0.15, 0.2) is 0 Å². The molecule has 0 radical (unpaired) electrons. The van der Waals surface area contributed by atoms with Crippen LogP contribution in [0.2, 0.25) is 0 Å². The van der Waals surface area contributed by atoms with Crippen LogP contribution in [0.15, 0.2) is 0 Å². The fourth-order valence-electron chi connectivity index (χ4n) is 1.47. The molecule has 0 bridgehead atoms. The second-order valence-electron chi connectivity index (χ2n) is 5.21. The third-order valence-corrected chi connectivity index (χ3v) is 2.73. The quantitative estimate of drug-likeness (QED) is 0.892. The van der Waals surface area contributed by atoms with E-state index in [1.54, 1.807) is 0 Å². The maximum atomic E-state index is 12.3. The van der Waals surface area contributed by atoms with Gasteiger partial charge in [-0.1, -0.05) is 20.8 Å². The lowest BCUT2D eigenvalue weighted by Gasteiger charge is -2.24. The summed E-state index contributed by atoms with van der Waals surface area (Å²) >= 11 is 0.643. The Balaban J connectivity index is 2.68. The number of aliphatic hydroxyl groups excluding tert-OH is 1. The topological polar surface area (TPSA) is 58.0 Å². The minimum atomic E-state index is -4.53. The molecule has 1 rings (SSSR count). The number of aromatic nitrogens is 2. The number of aliphatic hydroxyl groups is 1. The smallest absolute Gasteiger partial charge is 0.394 e. The summed E-state index contributed by atoms with van der Waals surface area (Å²) in [5, 5.41) is 12.0. The molecule has 0 spiro atoms. The number of anilines is 1. The van der Waals surface area contributed by atoms with Gasteiger partial charge in [0.05, 0.1) is 12.6 Å². The first kappa shape index (κ1) is 15.2. The highest BCUT2D eigenvalue weighted by Crippen LogP contribution is 2.30. The van der Waals surface area contributed by atoms with Crippen molar-refractivity contribution in [2.45, 2.75) is 39.4 Å². The molecule has 104 valence electrons. The van der Waals surface area contributed by atoms with Crippen molar-refractivity contribution in [2.24, 2.45) is 5.41 Å². The first-order valence-electron chi connectivity index (χ1n) is 5.40. The molecular formula is C10H16F3N3OS. The van der Waals surface area contributed by atoms with Crippen LogP contribution in [0.25, 0.3) is 0 Å². The molecule has 0 fully saturated rings. The molecule has 0 aliphatic rings. The van der Waals surface area contributed by atoms with Crippen molar-refractivity contribution in [2.75, 3.05) is 11.9 Å². The van der Waals surface area contributed by atoms with Crippen LogP contribution in [0, 0.1) is 5.41 Å². The van der Waals surface area contributed by atoms with Gasteiger partial charge in [0.2, 0.25) is 11.0 Å². The minimum absolute atomic E-state index is 0.0437. The van der Waals surface area contributed by atoms with Crippen LogP contribution >= 0.6 is 11.5 Å².